The van der Waals surface area contributed by atoms with E-state index < -0.39 is 5.82 Å². The zero-order valence-electron chi connectivity index (χ0n) is 11.4. The first-order chi connectivity index (χ1) is 10.1. The number of carbonyl (C=O) groups is 1. The van der Waals surface area contributed by atoms with Crippen LogP contribution in [-0.4, -0.2) is 25.2 Å². The van der Waals surface area contributed by atoms with Gasteiger partial charge in [0.05, 0.1) is 18.0 Å². The molecule has 4 nitrogen and oxygen atoms in total. The van der Waals surface area contributed by atoms with Gasteiger partial charge in [-0.1, -0.05) is 0 Å². The monoisotopic (exact) mass is 307 g/mol. The summed E-state index contributed by atoms with van der Waals surface area (Å²) in [6, 6.07) is 6.33. The van der Waals surface area contributed by atoms with Crippen molar-refractivity contribution in [3.05, 3.63) is 40.8 Å². The molecule has 2 heterocycles. The molecule has 1 aromatic heterocycles. The van der Waals surface area contributed by atoms with E-state index in [0.717, 1.165) is 5.69 Å². The third kappa shape index (κ3) is 3.22. The van der Waals surface area contributed by atoms with E-state index in [2.05, 4.69) is 0 Å². The Bertz CT molecular complexity index is 640. The number of benzene rings is 1. The molecular formula is C15H14FNO3S. The van der Waals surface area contributed by atoms with E-state index in [1.54, 1.807) is 6.07 Å². The molecule has 1 saturated heterocycles. The molecule has 0 aliphatic carbocycles. The van der Waals surface area contributed by atoms with Gasteiger partial charge in [0.2, 0.25) is 5.91 Å². The number of hydrogen-bond donors (Lipinski definition) is 0. The summed E-state index contributed by atoms with van der Waals surface area (Å²) in [5.74, 6) is -0.495. The number of thiophene rings is 1. The van der Waals surface area contributed by atoms with Crippen LogP contribution in [0.15, 0.2) is 35.0 Å². The summed E-state index contributed by atoms with van der Waals surface area (Å²) in [4.78, 5) is 13.3. The molecular weight excluding hydrogens is 293 g/mol. The first-order valence-corrected chi connectivity index (χ1v) is 7.46. The molecule has 1 unspecified atom stereocenters. The van der Waals surface area contributed by atoms with Crippen LogP contribution in [0.5, 0.6) is 5.75 Å². The van der Waals surface area contributed by atoms with Crippen molar-refractivity contribution in [2.45, 2.75) is 13.0 Å². The van der Waals surface area contributed by atoms with Gasteiger partial charge in [0.15, 0.2) is 11.6 Å². The Morgan fingerprint density at radius 2 is 2.29 bits per heavy atom. The van der Waals surface area contributed by atoms with Gasteiger partial charge in [0, 0.05) is 18.4 Å². The lowest BCUT2D eigenvalue weighted by molar-refractivity contribution is -0.115. The van der Waals surface area contributed by atoms with Crippen LogP contribution in [0.25, 0.3) is 0 Å². The van der Waals surface area contributed by atoms with E-state index in [4.69, 9.17) is 9.47 Å². The molecule has 0 spiro atoms. The minimum Gasteiger partial charge on any atom is -0.488 e. The lowest BCUT2D eigenvalue weighted by Gasteiger charge is -2.20. The normalized spacial score (nSPS) is 16.6. The van der Waals surface area contributed by atoms with Gasteiger partial charge in [-0.2, -0.15) is 11.3 Å². The Kier molecular flexibility index (Phi) is 3.90. The quantitative estimate of drug-likeness (QED) is 0.796. The van der Waals surface area contributed by atoms with Gasteiger partial charge in [-0.3, -0.25) is 9.69 Å². The standard InChI is InChI=1S/C15H14FNO3S/c1-10(18)17(12-4-5-21-9-12)11-2-3-15(14(16)6-11)20-8-13-7-19-13/h2-6,9,13H,7-8H2,1H3. The fourth-order valence-corrected chi connectivity index (χ4v) is 2.61. The van der Waals surface area contributed by atoms with Crippen molar-refractivity contribution in [2.24, 2.45) is 0 Å². The van der Waals surface area contributed by atoms with Crippen LogP contribution in [0.4, 0.5) is 15.8 Å². The zero-order valence-corrected chi connectivity index (χ0v) is 12.2. The lowest BCUT2D eigenvalue weighted by atomic mass is 10.2. The Morgan fingerprint density at radius 3 is 2.86 bits per heavy atom. The summed E-state index contributed by atoms with van der Waals surface area (Å²) in [5, 5.41) is 3.71. The van der Waals surface area contributed by atoms with Crippen molar-refractivity contribution in [3.8, 4) is 5.75 Å². The molecule has 0 N–H and O–H groups in total. The largest absolute Gasteiger partial charge is 0.488 e. The summed E-state index contributed by atoms with van der Waals surface area (Å²) in [6.07, 6.45) is 0.0728. The Labute approximate surface area is 125 Å². The van der Waals surface area contributed by atoms with E-state index in [0.29, 0.717) is 18.9 Å². The molecule has 2 aromatic rings. The van der Waals surface area contributed by atoms with Gasteiger partial charge in [-0.15, -0.1) is 0 Å². The van der Waals surface area contributed by atoms with Crippen LogP contribution in [0.2, 0.25) is 0 Å². The molecule has 1 fully saturated rings. The number of halogens is 1. The molecule has 1 aromatic carbocycles. The second-order valence-corrected chi connectivity index (χ2v) is 5.50. The fraction of sp³-hybridized carbons (Fsp3) is 0.267. The van der Waals surface area contributed by atoms with Gasteiger partial charge in [-0.25, -0.2) is 4.39 Å². The third-order valence-electron chi connectivity index (χ3n) is 3.08. The van der Waals surface area contributed by atoms with Crippen LogP contribution < -0.4 is 9.64 Å². The second kappa shape index (κ2) is 5.83. The van der Waals surface area contributed by atoms with Crippen LogP contribution in [-0.2, 0) is 9.53 Å². The number of rotatable bonds is 5. The van der Waals surface area contributed by atoms with Crippen molar-refractivity contribution in [2.75, 3.05) is 18.1 Å². The highest BCUT2D eigenvalue weighted by Crippen LogP contribution is 2.31. The van der Waals surface area contributed by atoms with Gasteiger partial charge >= 0.3 is 0 Å². The summed E-state index contributed by atoms with van der Waals surface area (Å²) in [5.41, 5.74) is 1.21. The number of hydrogen-bond acceptors (Lipinski definition) is 4. The fourth-order valence-electron chi connectivity index (χ4n) is 1.99. The summed E-state index contributed by atoms with van der Waals surface area (Å²) >= 11 is 1.48. The summed E-state index contributed by atoms with van der Waals surface area (Å²) in [7, 11) is 0. The first kappa shape index (κ1) is 14.0. The van der Waals surface area contributed by atoms with E-state index in [1.165, 1.54) is 35.3 Å². The topological polar surface area (TPSA) is 42.1 Å². The lowest BCUT2D eigenvalue weighted by Crippen LogP contribution is -2.22. The van der Waals surface area contributed by atoms with Crippen molar-refractivity contribution in [1.29, 1.82) is 0 Å². The maximum atomic E-state index is 14.1. The highest BCUT2D eigenvalue weighted by molar-refractivity contribution is 7.08. The first-order valence-electron chi connectivity index (χ1n) is 6.52. The van der Waals surface area contributed by atoms with Crippen molar-refractivity contribution < 1.29 is 18.7 Å². The molecule has 6 heteroatoms. The molecule has 21 heavy (non-hydrogen) atoms. The number of carbonyl (C=O) groups excluding carboxylic acids is 1. The number of amides is 1. The highest BCUT2D eigenvalue weighted by Gasteiger charge is 2.24. The molecule has 0 bridgehead atoms. The molecule has 1 aliphatic rings. The smallest absolute Gasteiger partial charge is 0.228 e. The maximum absolute atomic E-state index is 14.1. The molecule has 3 rings (SSSR count). The van der Waals surface area contributed by atoms with E-state index in [-0.39, 0.29) is 17.8 Å². The molecule has 0 radical (unpaired) electrons. The average Bonchev–Trinajstić information content (AvgIpc) is 3.12. The summed E-state index contributed by atoms with van der Waals surface area (Å²) in [6.45, 7) is 2.46. The Hall–Kier alpha value is -1.92. The predicted molar refractivity (Wildman–Crippen MR) is 78.8 cm³/mol. The van der Waals surface area contributed by atoms with Gasteiger partial charge in [0.1, 0.15) is 12.7 Å². The van der Waals surface area contributed by atoms with Crippen molar-refractivity contribution in [3.63, 3.8) is 0 Å². The molecule has 0 saturated carbocycles. The van der Waals surface area contributed by atoms with E-state index >= 15 is 0 Å². The number of nitrogens with zero attached hydrogens (tertiary/aromatic N) is 1. The molecule has 110 valence electrons. The number of anilines is 2. The van der Waals surface area contributed by atoms with Crippen molar-refractivity contribution >= 4 is 28.6 Å². The second-order valence-electron chi connectivity index (χ2n) is 4.72. The van der Waals surface area contributed by atoms with Crippen LogP contribution in [0.3, 0.4) is 0 Å². The third-order valence-corrected chi connectivity index (χ3v) is 3.75. The van der Waals surface area contributed by atoms with Gasteiger partial charge in [0.25, 0.3) is 0 Å². The van der Waals surface area contributed by atoms with Gasteiger partial charge < -0.3 is 9.47 Å². The van der Waals surface area contributed by atoms with Crippen LogP contribution >= 0.6 is 11.3 Å². The highest BCUT2D eigenvalue weighted by atomic mass is 32.1. The van der Waals surface area contributed by atoms with Crippen LogP contribution in [0, 0.1) is 5.82 Å². The van der Waals surface area contributed by atoms with Crippen LogP contribution in [0.1, 0.15) is 6.92 Å². The summed E-state index contributed by atoms with van der Waals surface area (Å²) < 4.78 is 24.4. The minimum atomic E-state index is -0.491. The maximum Gasteiger partial charge on any atom is 0.228 e. The van der Waals surface area contributed by atoms with Crippen molar-refractivity contribution in [1.82, 2.24) is 0 Å². The zero-order chi connectivity index (χ0) is 14.8. The minimum absolute atomic E-state index is 0.0728. The predicted octanol–water partition coefficient (Wildman–Crippen LogP) is 3.35. The Morgan fingerprint density at radius 1 is 1.48 bits per heavy atom. The molecule has 1 aliphatic heterocycles. The van der Waals surface area contributed by atoms with Gasteiger partial charge in [-0.05, 0) is 23.6 Å². The van der Waals surface area contributed by atoms with E-state index in [9.17, 15) is 9.18 Å². The molecule has 1 amide bonds. The molecule has 1 atom stereocenters. The van der Waals surface area contributed by atoms with E-state index in [1.807, 2.05) is 16.8 Å². The number of ether oxygens (including phenoxy) is 2. The average molecular weight is 307 g/mol. The number of epoxide rings is 1. The Balaban J connectivity index is 1.83. The SMILES string of the molecule is CC(=O)N(c1ccsc1)c1ccc(OCC2CO2)c(F)c1.